The van der Waals surface area contributed by atoms with Gasteiger partial charge in [0.15, 0.2) is 5.69 Å². The molecule has 0 spiro atoms. The number of non-ortho nitro benzene ring substituents is 1. The zero-order chi connectivity index (χ0) is 21.1. The molecule has 10 heteroatoms. The van der Waals surface area contributed by atoms with Gasteiger partial charge in [-0.2, -0.15) is 5.10 Å². The van der Waals surface area contributed by atoms with Gasteiger partial charge in [0.2, 0.25) is 0 Å². The number of aryl methyl sites for hydroxylation is 2. The molecule has 10 nitrogen and oxygen atoms in total. The van der Waals surface area contributed by atoms with Crippen molar-refractivity contribution < 1.29 is 24.4 Å². The summed E-state index contributed by atoms with van der Waals surface area (Å²) in [6.07, 6.45) is 1.25. The summed E-state index contributed by atoms with van der Waals surface area (Å²) in [5.41, 5.74) is 0.126. The lowest BCUT2D eigenvalue weighted by Gasteiger charge is -2.10. The summed E-state index contributed by atoms with van der Waals surface area (Å²) < 4.78 is 6.87. The molecule has 0 fully saturated rings. The average molecular weight is 396 g/mol. The Bertz CT molecular complexity index is 1120. The molecular weight excluding hydrogens is 380 g/mol. The van der Waals surface area contributed by atoms with Crippen molar-refractivity contribution in [3.05, 3.63) is 75.6 Å². The van der Waals surface area contributed by atoms with E-state index in [1.54, 1.807) is 18.2 Å². The summed E-state index contributed by atoms with van der Waals surface area (Å²) in [7, 11) is 1.48. The van der Waals surface area contributed by atoms with Crippen LogP contribution in [0.4, 0.5) is 11.4 Å². The van der Waals surface area contributed by atoms with Crippen molar-refractivity contribution in [2.75, 3.05) is 5.32 Å². The molecule has 0 saturated carbocycles. The number of ether oxygens (including phenoxy) is 1. The number of hydrogen-bond acceptors (Lipinski definition) is 6. The van der Waals surface area contributed by atoms with Gasteiger partial charge in [0.1, 0.15) is 11.5 Å². The lowest BCUT2D eigenvalue weighted by molar-refractivity contribution is -0.384. The number of carboxylic acids is 1. The van der Waals surface area contributed by atoms with Gasteiger partial charge >= 0.3 is 5.97 Å². The highest BCUT2D eigenvalue weighted by atomic mass is 16.6. The Balaban J connectivity index is 1.92. The van der Waals surface area contributed by atoms with Crippen LogP contribution in [-0.2, 0) is 7.05 Å². The third-order valence-electron chi connectivity index (χ3n) is 3.86. The van der Waals surface area contributed by atoms with Crippen LogP contribution >= 0.6 is 0 Å². The minimum Gasteiger partial charge on any atom is -0.476 e. The molecule has 2 aromatic carbocycles. The number of nitrogens with one attached hydrogen (secondary N) is 1. The van der Waals surface area contributed by atoms with Crippen molar-refractivity contribution in [1.29, 1.82) is 0 Å². The molecule has 0 aliphatic rings. The number of nitrogens with zero attached hydrogens (tertiary/aromatic N) is 3. The maximum absolute atomic E-state index is 12.5. The van der Waals surface area contributed by atoms with Crippen molar-refractivity contribution in [1.82, 2.24) is 9.78 Å². The van der Waals surface area contributed by atoms with Crippen LogP contribution in [0.15, 0.2) is 48.7 Å². The predicted octanol–water partition coefficient (Wildman–Crippen LogP) is 3.38. The fourth-order valence-corrected chi connectivity index (χ4v) is 2.65. The average Bonchev–Trinajstić information content (AvgIpc) is 3.04. The first-order valence-electron chi connectivity index (χ1n) is 8.35. The molecule has 3 rings (SSSR count). The second kappa shape index (κ2) is 7.80. The highest BCUT2D eigenvalue weighted by Crippen LogP contribution is 2.30. The highest BCUT2D eigenvalue weighted by Gasteiger charge is 2.22. The van der Waals surface area contributed by atoms with Crippen LogP contribution in [0.25, 0.3) is 0 Å². The molecule has 0 unspecified atom stereocenters. The second-order valence-electron chi connectivity index (χ2n) is 6.22. The van der Waals surface area contributed by atoms with E-state index in [0.29, 0.717) is 5.75 Å². The summed E-state index contributed by atoms with van der Waals surface area (Å²) in [4.78, 5) is 34.4. The van der Waals surface area contributed by atoms with E-state index in [4.69, 9.17) is 4.74 Å². The van der Waals surface area contributed by atoms with E-state index in [1.807, 2.05) is 13.0 Å². The Labute approximate surface area is 164 Å². The number of rotatable bonds is 6. The number of aromatic carboxylic acids is 1. The largest absolute Gasteiger partial charge is 0.476 e. The van der Waals surface area contributed by atoms with E-state index in [1.165, 1.54) is 30.1 Å². The topological polar surface area (TPSA) is 137 Å². The molecule has 148 valence electrons. The first kappa shape index (κ1) is 19.5. The van der Waals surface area contributed by atoms with E-state index < -0.39 is 22.5 Å². The molecule has 0 atom stereocenters. The van der Waals surface area contributed by atoms with Crippen LogP contribution < -0.4 is 10.1 Å². The minimum atomic E-state index is -1.36. The van der Waals surface area contributed by atoms with Crippen molar-refractivity contribution >= 4 is 23.3 Å². The zero-order valence-electron chi connectivity index (χ0n) is 15.4. The van der Waals surface area contributed by atoms with Gasteiger partial charge in [-0.05, 0) is 24.6 Å². The number of hydrogen-bond donors (Lipinski definition) is 2. The Morgan fingerprint density at radius 2 is 1.97 bits per heavy atom. The lowest BCUT2D eigenvalue weighted by atomic mass is 10.2. The maximum Gasteiger partial charge on any atom is 0.357 e. The number of benzene rings is 2. The Morgan fingerprint density at radius 1 is 1.21 bits per heavy atom. The summed E-state index contributed by atoms with van der Waals surface area (Å²) in [5, 5.41) is 26.6. The lowest BCUT2D eigenvalue weighted by Crippen LogP contribution is -2.15. The van der Waals surface area contributed by atoms with Gasteiger partial charge in [-0.25, -0.2) is 4.79 Å². The summed E-state index contributed by atoms with van der Waals surface area (Å²) >= 11 is 0. The van der Waals surface area contributed by atoms with E-state index in [2.05, 4.69) is 10.4 Å². The second-order valence-corrected chi connectivity index (χ2v) is 6.22. The van der Waals surface area contributed by atoms with Crippen molar-refractivity contribution in [3.63, 3.8) is 0 Å². The predicted molar refractivity (Wildman–Crippen MR) is 102 cm³/mol. The molecule has 1 aromatic heterocycles. The normalized spacial score (nSPS) is 10.4. The summed E-state index contributed by atoms with van der Waals surface area (Å²) in [6, 6.07) is 10.9. The minimum absolute atomic E-state index is 0.0760. The molecule has 0 saturated heterocycles. The number of anilines is 1. The summed E-state index contributed by atoms with van der Waals surface area (Å²) in [6.45, 7) is 1.87. The molecule has 0 aliphatic heterocycles. The molecule has 1 amide bonds. The number of carbonyl (C=O) groups excluding carboxylic acids is 1. The Morgan fingerprint density at radius 3 is 2.62 bits per heavy atom. The number of carboxylic acid groups (broad SMARTS) is 1. The molecule has 3 aromatic rings. The van der Waals surface area contributed by atoms with Gasteiger partial charge in [-0.3, -0.25) is 19.6 Å². The number of carbonyl (C=O) groups is 2. The smallest absolute Gasteiger partial charge is 0.357 e. The zero-order valence-corrected chi connectivity index (χ0v) is 15.4. The quantitative estimate of drug-likeness (QED) is 0.481. The molecule has 2 N–H and O–H groups in total. The molecular formula is C19H16N4O6. The molecule has 0 aliphatic carbocycles. The van der Waals surface area contributed by atoms with Gasteiger partial charge in [0.25, 0.3) is 11.6 Å². The van der Waals surface area contributed by atoms with E-state index in [0.717, 1.165) is 11.6 Å². The number of amides is 1. The van der Waals surface area contributed by atoms with Gasteiger partial charge in [-0.1, -0.05) is 12.1 Å². The van der Waals surface area contributed by atoms with Crippen molar-refractivity contribution in [2.45, 2.75) is 6.92 Å². The summed E-state index contributed by atoms with van der Waals surface area (Å²) in [5.74, 6) is -1.51. The fourth-order valence-electron chi connectivity index (χ4n) is 2.65. The van der Waals surface area contributed by atoms with Crippen molar-refractivity contribution in [2.24, 2.45) is 7.05 Å². The van der Waals surface area contributed by atoms with Crippen LogP contribution in [0, 0.1) is 17.0 Å². The van der Waals surface area contributed by atoms with E-state index in [-0.39, 0.29) is 22.7 Å². The Kier molecular flexibility index (Phi) is 5.26. The van der Waals surface area contributed by atoms with Gasteiger partial charge < -0.3 is 15.2 Å². The number of nitro groups is 1. The van der Waals surface area contributed by atoms with Crippen LogP contribution in [0.1, 0.15) is 26.4 Å². The van der Waals surface area contributed by atoms with Crippen LogP contribution in [0.3, 0.4) is 0 Å². The molecule has 0 bridgehead atoms. The first-order valence-corrected chi connectivity index (χ1v) is 8.35. The standard InChI is InChI=1S/C19H16N4O6/c1-11-4-3-5-14(6-11)29-15-8-12(7-13(9-15)23(27)28)20-18(24)16-10-22(2)21-17(16)19(25)26/h3-10H,1-2H3,(H,20,24)(H,25,26). The first-order chi connectivity index (χ1) is 13.7. The Hall–Kier alpha value is -4.21. The van der Waals surface area contributed by atoms with Gasteiger partial charge in [0.05, 0.1) is 22.2 Å². The molecule has 0 radical (unpaired) electrons. The third-order valence-corrected chi connectivity index (χ3v) is 3.86. The third kappa shape index (κ3) is 4.56. The van der Waals surface area contributed by atoms with Gasteiger partial charge in [-0.15, -0.1) is 0 Å². The molecule has 1 heterocycles. The number of aromatic nitrogens is 2. The van der Waals surface area contributed by atoms with Crippen molar-refractivity contribution in [3.8, 4) is 11.5 Å². The molecule has 29 heavy (non-hydrogen) atoms. The van der Waals surface area contributed by atoms with Crippen LogP contribution in [0.2, 0.25) is 0 Å². The maximum atomic E-state index is 12.5. The van der Waals surface area contributed by atoms with Crippen LogP contribution in [0.5, 0.6) is 11.5 Å². The van der Waals surface area contributed by atoms with E-state index >= 15 is 0 Å². The number of nitro benzene ring substituents is 1. The van der Waals surface area contributed by atoms with Gasteiger partial charge in [0, 0.05) is 25.4 Å². The monoisotopic (exact) mass is 396 g/mol. The highest BCUT2D eigenvalue weighted by molar-refractivity contribution is 6.10. The SMILES string of the molecule is Cc1cccc(Oc2cc(NC(=O)c3cn(C)nc3C(=O)O)cc([N+](=O)[O-])c2)c1. The fraction of sp³-hybridized carbons (Fsp3) is 0.105. The van der Waals surface area contributed by atoms with Crippen LogP contribution in [-0.4, -0.2) is 31.7 Å². The van der Waals surface area contributed by atoms with E-state index in [9.17, 15) is 24.8 Å².